The minimum Gasteiger partial charge on any atom is -0.388 e. The van der Waals surface area contributed by atoms with Crippen LogP contribution in [0, 0.1) is 20.8 Å². The van der Waals surface area contributed by atoms with E-state index in [9.17, 15) is 5.11 Å². The number of β-amino-alcohol motifs (C(OH)–C–C–N with tert-alkyl or cyclic N) is 1. The number of aromatic nitrogens is 4. The fourth-order valence-electron chi connectivity index (χ4n) is 6.67. The molecule has 0 radical (unpaired) electrons. The van der Waals surface area contributed by atoms with Crippen LogP contribution in [-0.4, -0.2) is 54.3 Å². The highest BCUT2D eigenvalue weighted by Crippen LogP contribution is 2.48. The summed E-state index contributed by atoms with van der Waals surface area (Å²) in [4.78, 5) is 13.7. The highest BCUT2D eigenvalue weighted by atomic mass is 32.1. The molecular weight excluding hydrogens is 454 g/mol. The number of H-pyrrole nitrogens is 1. The maximum atomic E-state index is 10.1. The van der Waals surface area contributed by atoms with Gasteiger partial charge in [0, 0.05) is 41.2 Å². The molecule has 1 saturated heterocycles. The molecule has 4 aromatic heterocycles. The molecule has 1 aliphatic heterocycles. The molecule has 0 unspecified atom stereocenters. The SMILES string of the molecule is Cc1c(-c2[nH]c3sc(C4CCC(N5CC(C)(O)C5)CC4)c(C)c3c2C(C)C)cn2ncnc2c1C. The van der Waals surface area contributed by atoms with Crippen molar-refractivity contribution in [2.75, 3.05) is 13.1 Å². The largest absolute Gasteiger partial charge is 0.388 e. The second kappa shape index (κ2) is 8.15. The minimum absolute atomic E-state index is 0.418. The molecule has 6 rings (SSSR count). The molecule has 2 N–H and O–H groups in total. The number of pyridine rings is 1. The summed E-state index contributed by atoms with van der Waals surface area (Å²) in [5.41, 5.74) is 8.28. The Labute approximate surface area is 211 Å². The highest BCUT2D eigenvalue weighted by Gasteiger charge is 2.41. The van der Waals surface area contributed by atoms with Gasteiger partial charge in [-0.1, -0.05) is 13.8 Å². The summed E-state index contributed by atoms with van der Waals surface area (Å²) in [6.07, 6.45) is 8.75. The van der Waals surface area contributed by atoms with Gasteiger partial charge in [-0.2, -0.15) is 5.10 Å². The first-order valence-corrected chi connectivity index (χ1v) is 13.9. The van der Waals surface area contributed by atoms with E-state index in [4.69, 9.17) is 0 Å². The number of rotatable bonds is 4. The van der Waals surface area contributed by atoms with Crippen LogP contribution in [0.25, 0.3) is 27.1 Å². The van der Waals surface area contributed by atoms with Crippen LogP contribution in [0.3, 0.4) is 0 Å². The first kappa shape index (κ1) is 23.2. The molecule has 186 valence electrons. The molecule has 2 fully saturated rings. The molecule has 0 aromatic carbocycles. The van der Waals surface area contributed by atoms with Gasteiger partial charge < -0.3 is 10.1 Å². The fraction of sp³-hybridized carbons (Fsp3) is 0.571. The Morgan fingerprint density at radius 1 is 1.09 bits per heavy atom. The van der Waals surface area contributed by atoms with E-state index in [1.54, 1.807) is 11.2 Å². The van der Waals surface area contributed by atoms with Gasteiger partial charge in [-0.15, -0.1) is 11.3 Å². The third-order valence-electron chi connectivity index (χ3n) is 8.61. The van der Waals surface area contributed by atoms with E-state index in [1.165, 1.54) is 69.4 Å². The molecule has 0 bridgehead atoms. The molecule has 5 heterocycles. The van der Waals surface area contributed by atoms with Crippen molar-refractivity contribution in [3.63, 3.8) is 0 Å². The zero-order chi connectivity index (χ0) is 24.6. The number of nitrogens with zero attached hydrogens (tertiary/aromatic N) is 4. The molecular formula is C28H37N5OS. The second-order valence-electron chi connectivity index (χ2n) is 11.6. The predicted octanol–water partition coefficient (Wildman–Crippen LogP) is 6.08. The summed E-state index contributed by atoms with van der Waals surface area (Å²) in [6, 6.07) is 0.646. The lowest BCUT2D eigenvalue weighted by Gasteiger charge is -2.50. The van der Waals surface area contributed by atoms with Gasteiger partial charge in [-0.05, 0) is 87.5 Å². The smallest absolute Gasteiger partial charge is 0.158 e. The number of nitrogens with one attached hydrogen (secondary N) is 1. The van der Waals surface area contributed by atoms with Crippen molar-refractivity contribution in [2.24, 2.45) is 0 Å². The topological polar surface area (TPSA) is 69.5 Å². The molecule has 4 aromatic rings. The van der Waals surface area contributed by atoms with Gasteiger partial charge in [0.15, 0.2) is 5.65 Å². The van der Waals surface area contributed by atoms with Crippen LogP contribution in [-0.2, 0) is 0 Å². The van der Waals surface area contributed by atoms with E-state index in [0.717, 1.165) is 18.7 Å². The summed E-state index contributed by atoms with van der Waals surface area (Å²) >= 11 is 1.98. The molecule has 1 aliphatic carbocycles. The molecule has 6 nitrogen and oxygen atoms in total. The fourth-order valence-corrected chi connectivity index (χ4v) is 8.07. The Kier molecular flexibility index (Phi) is 5.40. The van der Waals surface area contributed by atoms with Crippen LogP contribution in [0.1, 0.15) is 85.4 Å². The quantitative estimate of drug-likeness (QED) is 0.363. The van der Waals surface area contributed by atoms with Gasteiger partial charge in [0.2, 0.25) is 0 Å². The van der Waals surface area contributed by atoms with Crippen LogP contribution in [0.4, 0.5) is 0 Å². The Balaban J connectivity index is 1.34. The summed E-state index contributed by atoms with van der Waals surface area (Å²) in [7, 11) is 0. The summed E-state index contributed by atoms with van der Waals surface area (Å²) in [6.45, 7) is 14.9. The van der Waals surface area contributed by atoms with Gasteiger partial charge in [-0.25, -0.2) is 9.50 Å². The van der Waals surface area contributed by atoms with Crippen LogP contribution in [0.2, 0.25) is 0 Å². The van der Waals surface area contributed by atoms with Crippen molar-refractivity contribution in [2.45, 2.75) is 90.7 Å². The molecule has 2 aliphatic rings. The van der Waals surface area contributed by atoms with E-state index in [1.807, 2.05) is 22.8 Å². The molecule has 0 amide bonds. The Bertz CT molecular complexity index is 1410. The highest BCUT2D eigenvalue weighted by molar-refractivity contribution is 7.19. The summed E-state index contributed by atoms with van der Waals surface area (Å²) in [5.74, 6) is 1.07. The number of likely N-dealkylation sites (tertiary alicyclic amines) is 1. The third-order valence-corrected chi connectivity index (χ3v) is 9.98. The lowest BCUT2D eigenvalue weighted by molar-refractivity contribution is -0.107. The Morgan fingerprint density at radius 3 is 2.46 bits per heavy atom. The normalized spacial score (nSPS) is 23.0. The second-order valence-corrected chi connectivity index (χ2v) is 12.6. The Morgan fingerprint density at radius 2 is 1.80 bits per heavy atom. The minimum atomic E-state index is -0.472. The van der Waals surface area contributed by atoms with Crippen molar-refractivity contribution < 1.29 is 5.11 Å². The lowest BCUT2D eigenvalue weighted by atomic mass is 9.81. The molecule has 35 heavy (non-hydrogen) atoms. The number of aliphatic hydroxyl groups is 1. The Hall–Kier alpha value is -2.22. The van der Waals surface area contributed by atoms with E-state index in [-0.39, 0.29) is 0 Å². The third kappa shape index (κ3) is 3.66. The van der Waals surface area contributed by atoms with Gasteiger partial charge >= 0.3 is 0 Å². The summed E-state index contributed by atoms with van der Waals surface area (Å²) in [5, 5.41) is 16.0. The van der Waals surface area contributed by atoms with E-state index < -0.39 is 5.60 Å². The number of hydrogen-bond donors (Lipinski definition) is 2. The molecule has 7 heteroatoms. The molecule has 0 atom stereocenters. The van der Waals surface area contributed by atoms with Crippen LogP contribution in [0.15, 0.2) is 12.5 Å². The predicted molar refractivity (Wildman–Crippen MR) is 144 cm³/mol. The molecule has 1 saturated carbocycles. The zero-order valence-electron chi connectivity index (χ0n) is 21.8. The van der Waals surface area contributed by atoms with E-state index in [2.05, 4.69) is 60.8 Å². The van der Waals surface area contributed by atoms with Gasteiger partial charge in [0.25, 0.3) is 0 Å². The van der Waals surface area contributed by atoms with Crippen molar-refractivity contribution in [1.82, 2.24) is 24.5 Å². The number of aryl methyl sites for hydroxylation is 2. The van der Waals surface area contributed by atoms with E-state index >= 15 is 0 Å². The lowest BCUT2D eigenvalue weighted by Crippen LogP contribution is -2.63. The summed E-state index contributed by atoms with van der Waals surface area (Å²) < 4.78 is 1.91. The number of aromatic amines is 1. The van der Waals surface area contributed by atoms with Crippen LogP contribution >= 0.6 is 11.3 Å². The van der Waals surface area contributed by atoms with Crippen molar-refractivity contribution in [3.8, 4) is 11.3 Å². The first-order valence-electron chi connectivity index (χ1n) is 13.1. The van der Waals surface area contributed by atoms with Crippen molar-refractivity contribution in [1.29, 1.82) is 0 Å². The average Bonchev–Trinajstić information content (AvgIpc) is 3.49. The zero-order valence-corrected chi connectivity index (χ0v) is 22.6. The maximum absolute atomic E-state index is 10.1. The monoisotopic (exact) mass is 491 g/mol. The van der Waals surface area contributed by atoms with Gasteiger partial charge in [0.05, 0.1) is 11.3 Å². The first-order chi connectivity index (χ1) is 16.6. The van der Waals surface area contributed by atoms with Crippen molar-refractivity contribution >= 4 is 27.2 Å². The standard InChI is InChI=1S/C28H37N5OS/c1-15(2)22-23-18(5)25(19-7-9-20(10-8-19)32-12-28(6,34)13-32)35-27(23)31-24(22)21-11-33-26(29-14-30-33)17(4)16(21)3/h11,14-15,19-20,31,34H,7-10,12-13H2,1-6H3. The maximum Gasteiger partial charge on any atom is 0.158 e. The van der Waals surface area contributed by atoms with E-state index in [0.29, 0.717) is 17.9 Å². The average molecular weight is 492 g/mol. The van der Waals surface area contributed by atoms with Crippen LogP contribution in [0.5, 0.6) is 0 Å². The molecule has 0 spiro atoms. The number of thiophene rings is 1. The van der Waals surface area contributed by atoms with Gasteiger partial charge in [-0.3, -0.25) is 4.90 Å². The van der Waals surface area contributed by atoms with Crippen molar-refractivity contribution in [3.05, 3.63) is 39.7 Å². The number of fused-ring (bicyclic) bond motifs is 2. The van der Waals surface area contributed by atoms with Gasteiger partial charge in [0.1, 0.15) is 11.2 Å². The van der Waals surface area contributed by atoms with Crippen LogP contribution < -0.4 is 0 Å². The number of hydrogen-bond acceptors (Lipinski definition) is 5.